The van der Waals surface area contributed by atoms with Gasteiger partial charge in [0.15, 0.2) is 0 Å². The van der Waals surface area contributed by atoms with Crippen LogP contribution in [0.15, 0.2) is 67.0 Å². The standard InChI is InChI=1S/C29H26ClN7O/c30-20-13-19-14-26-27(33-16-24(19)23(15-20)25-3-1-2-10-32-25)17-34-29(36-26)35-22-6-4-18(5-7-22)28(38)37-11-8-21(31)9-12-37/h1-7,10,13-17,21,33H,8-9,11-12,31H2,(H,34,35,36). The summed E-state index contributed by atoms with van der Waals surface area (Å²) in [4.78, 5) is 28.4. The number of aromatic nitrogens is 3. The molecule has 190 valence electrons. The average Bonchev–Trinajstić information content (AvgIpc) is 3.12. The molecule has 4 aromatic rings. The van der Waals surface area contributed by atoms with Gasteiger partial charge in [-0.2, -0.15) is 0 Å². The van der Waals surface area contributed by atoms with E-state index < -0.39 is 0 Å². The van der Waals surface area contributed by atoms with Crippen LogP contribution in [0.25, 0.3) is 23.5 Å². The number of amides is 1. The summed E-state index contributed by atoms with van der Waals surface area (Å²) in [6.07, 6.45) is 9.10. The predicted molar refractivity (Wildman–Crippen MR) is 150 cm³/mol. The number of piperidine rings is 1. The smallest absolute Gasteiger partial charge is 0.253 e. The van der Waals surface area contributed by atoms with Crippen molar-refractivity contribution in [2.24, 2.45) is 5.73 Å². The Kier molecular flexibility index (Phi) is 6.49. The van der Waals surface area contributed by atoms with Crippen LogP contribution < -0.4 is 26.8 Å². The second-order valence-corrected chi connectivity index (χ2v) is 9.87. The highest BCUT2D eigenvalue weighted by atomic mass is 35.5. The first kappa shape index (κ1) is 24.1. The Hall–Kier alpha value is -4.27. The molecule has 4 heterocycles. The number of carbonyl (C=O) groups is 1. The number of likely N-dealkylation sites (tertiary alicyclic amines) is 1. The highest BCUT2D eigenvalue weighted by Gasteiger charge is 2.21. The number of rotatable bonds is 4. The maximum absolute atomic E-state index is 12.8. The second-order valence-electron chi connectivity index (χ2n) is 9.43. The number of fused-ring (bicyclic) bond motifs is 2. The number of benzene rings is 2. The van der Waals surface area contributed by atoms with Gasteiger partial charge in [-0.25, -0.2) is 9.97 Å². The van der Waals surface area contributed by atoms with Gasteiger partial charge in [-0.3, -0.25) is 9.78 Å². The molecule has 2 aliphatic rings. The number of halogens is 1. The summed E-state index contributed by atoms with van der Waals surface area (Å²) >= 11 is 6.48. The second kappa shape index (κ2) is 10.2. The molecule has 0 bridgehead atoms. The molecule has 2 aromatic heterocycles. The molecular weight excluding hydrogens is 498 g/mol. The first-order chi connectivity index (χ1) is 18.5. The molecule has 8 nitrogen and oxygen atoms in total. The number of nitrogens with zero attached hydrogens (tertiary/aromatic N) is 4. The minimum atomic E-state index is 0.0315. The Balaban J connectivity index is 1.25. The zero-order chi connectivity index (χ0) is 26.1. The van der Waals surface area contributed by atoms with Crippen molar-refractivity contribution in [2.75, 3.05) is 23.7 Å². The number of hydrogen-bond donors (Lipinski definition) is 3. The van der Waals surface area contributed by atoms with Gasteiger partial charge in [0.2, 0.25) is 5.95 Å². The molecule has 0 saturated carbocycles. The molecular formula is C29H26ClN7O. The van der Waals surface area contributed by atoms with Gasteiger partial charge in [-0.05, 0) is 72.7 Å². The molecule has 0 radical (unpaired) electrons. The highest BCUT2D eigenvalue weighted by Crippen LogP contribution is 2.22. The van der Waals surface area contributed by atoms with Gasteiger partial charge in [0, 0.05) is 58.6 Å². The lowest BCUT2D eigenvalue weighted by molar-refractivity contribution is 0.0715. The quantitative estimate of drug-likeness (QED) is 0.375. The van der Waals surface area contributed by atoms with Crippen molar-refractivity contribution in [1.82, 2.24) is 19.9 Å². The molecule has 2 aromatic carbocycles. The summed E-state index contributed by atoms with van der Waals surface area (Å²) in [5, 5.41) is 9.08. The first-order valence-electron chi connectivity index (χ1n) is 12.5. The Bertz CT molecular complexity index is 1620. The zero-order valence-corrected chi connectivity index (χ0v) is 21.3. The van der Waals surface area contributed by atoms with E-state index in [1.807, 2.05) is 71.8 Å². The van der Waals surface area contributed by atoms with E-state index >= 15 is 0 Å². The molecule has 0 atom stereocenters. The third kappa shape index (κ3) is 4.96. The van der Waals surface area contributed by atoms with Crippen molar-refractivity contribution in [3.05, 3.63) is 93.7 Å². The van der Waals surface area contributed by atoms with Crippen LogP contribution in [-0.2, 0) is 0 Å². The van der Waals surface area contributed by atoms with E-state index in [4.69, 9.17) is 22.3 Å². The first-order valence-corrected chi connectivity index (χ1v) is 12.9. The molecule has 1 amide bonds. The number of nitrogens with one attached hydrogen (secondary N) is 2. The van der Waals surface area contributed by atoms with Crippen LogP contribution in [0.3, 0.4) is 0 Å². The average molecular weight is 524 g/mol. The fourth-order valence-electron chi connectivity index (χ4n) is 4.74. The normalized spacial score (nSPS) is 14.7. The van der Waals surface area contributed by atoms with E-state index in [1.165, 1.54) is 0 Å². The minimum absolute atomic E-state index is 0.0315. The minimum Gasteiger partial charge on any atom is -0.358 e. The maximum atomic E-state index is 12.8. The predicted octanol–water partition coefficient (Wildman–Crippen LogP) is 3.49. The molecule has 9 heteroatoms. The number of carbonyl (C=O) groups excluding carboxylic acids is 1. The molecule has 6 rings (SSSR count). The maximum Gasteiger partial charge on any atom is 0.253 e. The van der Waals surface area contributed by atoms with Crippen LogP contribution in [0.4, 0.5) is 17.3 Å². The molecule has 0 unspecified atom stereocenters. The monoisotopic (exact) mass is 523 g/mol. The third-order valence-electron chi connectivity index (χ3n) is 6.81. The number of hydrogen-bond acceptors (Lipinski definition) is 7. The van der Waals surface area contributed by atoms with E-state index in [1.54, 1.807) is 12.4 Å². The van der Waals surface area contributed by atoms with Crippen molar-refractivity contribution < 1.29 is 4.79 Å². The van der Waals surface area contributed by atoms with Crippen molar-refractivity contribution in [3.8, 4) is 11.3 Å². The van der Waals surface area contributed by atoms with Gasteiger partial charge < -0.3 is 21.3 Å². The van der Waals surface area contributed by atoms with Crippen molar-refractivity contribution >= 4 is 47.1 Å². The summed E-state index contributed by atoms with van der Waals surface area (Å²) < 4.78 is 0. The number of pyridine rings is 1. The van der Waals surface area contributed by atoms with Gasteiger partial charge in [-0.1, -0.05) is 17.7 Å². The van der Waals surface area contributed by atoms with E-state index in [0.29, 0.717) is 29.6 Å². The lowest BCUT2D eigenvalue weighted by atomic mass is 10.0. The van der Waals surface area contributed by atoms with Crippen molar-refractivity contribution in [1.29, 1.82) is 0 Å². The molecule has 1 fully saturated rings. The largest absolute Gasteiger partial charge is 0.358 e. The summed E-state index contributed by atoms with van der Waals surface area (Å²) in [7, 11) is 0. The van der Waals surface area contributed by atoms with Crippen molar-refractivity contribution in [3.63, 3.8) is 0 Å². The van der Waals surface area contributed by atoms with E-state index in [9.17, 15) is 4.79 Å². The summed E-state index contributed by atoms with van der Waals surface area (Å²) in [5.74, 6) is 0.477. The van der Waals surface area contributed by atoms with Gasteiger partial charge in [0.25, 0.3) is 5.91 Å². The van der Waals surface area contributed by atoms with Crippen LogP contribution in [-0.4, -0.2) is 44.9 Å². The van der Waals surface area contributed by atoms with Crippen molar-refractivity contribution in [2.45, 2.75) is 18.9 Å². The van der Waals surface area contributed by atoms with Crippen LogP contribution in [0.5, 0.6) is 0 Å². The molecule has 4 N–H and O–H groups in total. The lowest BCUT2D eigenvalue weighted by Crippen LogP contribution is -2.42. The Morgan fingerprint density at radius 2 is 1.89 bits per heavy atom. The summed E-state index contributed by atoms with van der Waals surface area (Å²) in [6, 6.07) is 17.2. The van der Waals surface area contributed by atoms with Gasteiger partial charge >= 0.3 is 0 Å². The van der Waals surface area contributed by atoms with Crippen LogP contribution in [0.2, 0.25) is 5.02 Å². The van der Waals surface area contributed by atoms with Gasteiger partial charge in [0.1, 0.15) is 0 Å². The van der Waals surface area contributed by atoms with Crippen LogP contribution in [0, 0.1) is 0 Å². The molecule has 2 aliphatic heterocycles. The highest BCUT2D eigenvalue weighted by molar-refractivity contribution is 6.30. The number of anilines is 3. The Morgan fingerprint density at radius 1 is 1.08 bits per heavy atom. The molecule has 38 heavy (non-hydrogen) atoms. The molecule has 0 spiro atoms. The van der Waals surface area contributed by atoms with Crippen LogP contribution >= 0.6 is 11.6 Å². The molecule has 0 aliphatic carbocycles. The van der Waals surface area contributed by atoms with E-state index in [2.05, 4.69) is 20.6 Å². The topological polar surface area (TPSA) is 109 Å². The van der Waals surface area contributed by atoms with E-state index in [0.717, 1.165) is 51.6 Å². The van der Waals surface area contributed by atoms with Crippen LogP contribution in [0.1, 0.15) is 28.9 Å². The fourth-order valence-corrected chi connectivity index (χ4v) is 4.96. The number of nitrogens with two attached hydrogens (primary N) is 1. The Morgan fingerprint density at radius 3 is 2.66 bits per heavy atom. The lowest BCUT2D eigenvalue weighted by Gasteiger charge is -2.30. The zero-order valence-electron chi connectivity index (χ0n) is 20.6. The summed E-state index contributed by atoms with van der Waals surface area (Å²) in [5.41, 5.74) is 10.7. The summed E-state index contributed by atoms with van der Waals surface area (Å²) in [6.45, 7) is 1.39. The third-order valence-corrected chi connectivity index (χ3v) is 7.03. The van der Waals surface area contributed by atoms with E-state index in [-0.39, 0.29) is 11.9 Å². The van der Waals surface area contributed by atoms with Gasteiger partial charge in [-0.15, -0.1) is 0 Å². The SMILES string of the molecule is NC1CCN(C(=O)c2ccc(Nc3ncc4c(n3)C=c3cc(Cl)cc(-c5ccccn5)c3=CN4)cc2)CC1. The molecule has 1 saturated heterocycles. The Labute approximate surface area is 224 Å². The fraction of sp³-hybridized carbons (Fsp3) is 0.172. The van der Waals surface area contributed by atoms with Gasteiger partial charge in [0.05, 0.1) is 23.3 Å².